The molecule has 1 aliphatic heterocycles. The normalized spacial score (nSPS) is 17.9. The van der Waals surface area contributed by atoms with E-state index in [1.54, 1.807) is 19.1 Å². The monoisotopic (exact) mass is 356 g/mol. The molecule has 1 fully saturated rings. The van der Waals surface area contributed by atoms with Gasteiger partial charge in [0.15, 0.2) is 0 Å². The molecule has 24 heavy (non-hydrogen) atoms. The zero-order chi connectivity index (χ0) is 17.9. The molecule has 8 nitrogen and oxygen atoms in total. The molecule has 1 unspecified atom stereocenters. The number of hydrogen-bond acceptors (Lipinski definition) is 6. The molecule has 1 amide bonds. The smallest absolute Gasteiger partial charge is 0.340 e. The number of hydrogen-bond donors (Lipinski definition) is 1. The lowest BCUT2D eigenvalue weighted by molar-refractivity contribution is -0.117. The summed E-state index contributed by atoms with van der Waals surface area (Å²) in [4.78, 5) is 25.8. The molecule has 2 rings (SSSR count). The van der Waals surface area contributed by atoms with Gasteiger partial charge in [0.1, 0.15) is 5.75 Å². The first-order valence-corrected chi connectivity index (χ1v) is 9.12. The Labute approximate surface area is 140 Å². The summed E-state index contributed by atoms with van der Waals surface area (Å²) < 4.78 is 32.6. The number of ether oxygens (including phenoxy) is 2. The van der Waals surface area contributed by atoms with Gasteiger partial charge < -0.3 is 14.4 Å². The Hall–Kier alpha value is -2.13. The summed E-state index contributed by atoms with van der Waals surface area (Å²) in [6.45, 7) is 2.05. The largest absolute Gasteiger partial charge is 0.497 e. The fourth-order valence-corrected chi connectivity index (χ4v) is 3.58. The molecule has 1 aromatic rings. The van der Waals surface area contributed by atoms with Gasteiger partial charge >= 0.3 is 5.97 Å². The Morgan fingerprint density at radius 2 is 2.12 bits per heavy atom. The number of carbonyl (C=O) groups is 2. The number of nitrogens with two attached hydrogens (primary N) is 1. The third-order valence-corrected chi connectivity index (χ3v) is 4.60. The summed E-state index contributed by atoms with van der Waals surface area (Å²) in [6, 6.07) is 4.70. The van der Waals surface area contributed by atoms with Crippen LogP contribution in [0.2, 0.25) is 0 Å². The maximum absolute atomic E-state index is 12.3. The van der Waals surface area contributed by atoms with Gasteiger partial charge in [0.2, 0.25) is 15.9 Å². The molecule has 0 aliphatic carbocycles. The van der Waals surface area contributed by atoms with Crippen LogP contribution in [0.15, 0.2) is 18.2 Å². The number of sulfonamides is 1. The molecule has 0 spiro atoms. The molecule has 1 atom stereocenters. The fraction of sp³-hybridized carbons (Fsp3) is 0.467. The molecule has 0 aromatic heterocycles. The second-order valence-electron chi connectivity index (χ2n) is 5.51. The van der Waals surface area contributed by atoms with Crippen LogP contribution >= 0.6 is 0 Å². The standard InChI is InChI=1S/C15H20N2O6S/c1-3-23-15(19)12-7-11(22-2)4-5-13(12)17-8-10(6-14(17)18)9-24(16,20)21/h4-5,7,10H,3,6,8-9H2,1-2H3,(H2,16,20,21). The van der Waals surface area contributed by atoms with Crippen molar-refractivity contribution < 1.29 is 27.5 Å². The predicted molar refractivity (Wildman–Crippen MR) is 87.4 cm³/mol. The van der Waals surface area contributed by atoms with E-state index in [4.69, 9.17) is 14.6 Å². The minimum atomic E-state index is -3.67. The molecule has 2 N–H and O–H groups in total. The topological polar surface area (TPSA) is 116 Å². The van der Waals surface area contributed by atoms with Crippen LogP contribution < -0.4 is 14.8 Å². The maximum Gasteiger partial charge on any atom is 0.340 e. The lowest BCUT2D eigenvalue weighted by Gasteiger charge is -2.20. The molecule has 0 bridgehead atoms. The van der Waals surface area contributed by atoms with Gasteiger partial charge in [-0.1, -0.05) is 0 Å². The first-order chi connectivity index (χ1) is 11.2. The first kappa shape index (κ1) is 18.2. The number of rotatable bonds is 6. The van der Waals surface area contributed by atoms with Crippen molar-refractivity contribution in [1.29, 1.82) is 0 Å². The molecule has 0 radical (unpaired) electrons. The Balaban J connectivity index is 2.34. The minimum Gasteiger partial charge on any atom is -0.497 e. The van der Waals surface area contributed by atoms with Gasteiger partial charge in [-0.05, 0) is 25.1 Å². The van der Waals surface area contributed by atoms with Crippen LogP contribution in [-0.2, 0) is 19.6 Å². The van der Waals surface area contributed by atoms with Gasteiger partial charge in [-0.15, -0.1) is 0 Å². The van der Waals surface area contributed by atoms with Gasteiger partial charge in [-0.3, -0.25) is 4.79 Å². The molecule has 1 aromatic carbocycles. The van der Waals surface area contributed by atoms with Crippen LogP contribution in [-0.4, -0.2) is 46.3 Å². The van der Waals surface area contributed by atoms with Gasteiger partial charge in [0.25, 0.3) is 0 Å². The lowest BCUT2D eigenvalue weighted by Crippen LogP contribution is -2.29. The number of esters is 1. The lowest BCUT2D eigenvalue weighted by atomic mass is 10.1. The van der Waals surface area contributed by atoms with E-state index in [1.807, 2.05) is 0 Å². The van der Waals surface area contributed by atoms with E-state index in [2.05, 4.69) is 0 Å². The van der Waals surface area contributed by atoms with Gasteiger partial charge in [-0.25, -0.2) is 18.4 Å². The Bertz CT molecular complexity index is 746. The van der Waals surface area contributed by atoms with Crippen LogP contribution in [0.4, 0.5) is 5.69 Å². The number of primary sulfonamides is 1. The number of carbonyl (C=O) groups excluding carboxylic acids is 2. The van der Waals surface area contributed by atoms with E-state index < -0.39 is 21.9 Å². The van der Waals surface area contributed by atoms with Crippen molar-refractivity contribution >= 4 is 27.6 Å². The van der Waals surface area contributed by atoms with Crippen LogP contribution in [0.5, 0.6) is 5.75 Å². The van der Waals surface area contributed by atoms with Gasteiger partial charge in [-0.2, -0.15) is 0 Å². The summed E-state index contributed by atoms with van der Waals surface area (Å²) in [5.41, 5.74) is 0.567. The molecular formula is C15H20N2O6S. The second kappa shape index (κ2) is 7.18. The Morgan fingerprint density at radius 3 is 2.71 bits per heavy atom. The fourth-order valence-electron chi connectivity index (χ4n) is 2.70. The summed E-state index contributed by atoms with van der Waals surface area (Å²) in [5.74, 6) is -1.08. The third-order valence-electron chi connectivity index (χ3n) is 3.66. The number of benzene rings is 1. The highest BCUT2D eigenvalue weighted by Gasteiger charge is 2.34. The highest BCUT2D eigenvalue weighted by atomic mass is 32.2. The second-order valence-corrected chi connectivity index (χ2v) is 7.17. The number of methoxy groups -OCH3 is 1. The molecule has 1 heterocycles. The number of anilines is 1. The van der Waals surface area contributed by atoms with Crippen molar-refractivity contribution in [3.8, 4) is 5.75 Å². The quantitative estimate of drug-likeness (QED) is 0.743. The number of amides is 1. The average Bonchev–Trinajstić information content (AvgIpc) is 2.85. The predicted octanol–water partition coefficient (Wildman–Crippen LogP) is 0.513. The van der Waals surface area contributed by atoms with Gasteiger partial charge in [0, 0.05) is 18.9 Å². The average molecular weight is 356 g/mol. The van der Waals surface area contributed by atoms with Crippen LogP contribution in [0, 0.1) is 5.92 Å². The van der Waals surface area contributed by atoms with E-state index >= 15 is 0 Å². The summed E-state index contributed by atoms with van der Waals surface area (Å²) in [7, 11) is -2.21. The highest BCUT2D eigenvalue weighted by Crippen LogP contribution is 2.31. The van der Waals surface area contributed by atoms with Gasteiger partial charge in [0.05, 0.1) is 30.7 Å². The van der Waals surface area contributed by atoms with Crippen molar-refractivity contribution in [2.24, 2.45) is 11.1 Å². The van der Waals surface area contributed by atoms with Crippen molar-refractivity contribution in [3.05, 3.63) is 23.8 Å². The molecule has 1 saturated heterocycles. The van der Waals surface area contributed by atoms with E-state index in [9.17, 15) is 18.0 Å². The Morgan fingerprint density at radius 1 is 1.42 bits per heavy atom. The first-order valence-electron chi connectivity index (χ1n) is 7.41. The maximum atomic E-state index is 12.3. The highest BCUT2D eigenvalue weighted by molar-refractivity contribution is 7.89. The van der Waals surface area contributed by atoms with E-state index in [0.717, 1.165) is 0 Å². The van der Waals surface area contributed by atoms with Crippen LogP contribution in [0.3, 0.4) is 0 Å². The van der Waals surface area contributed by atoms with Crippen molar-refractivity contribution in [1.82, 2.24) is 0 Å². The van der Waals surface area contributed by atoms with Crippen molar-refractivity contribution in [2.45, 2.75) is 13.3 Å². The zero-order valence-electron chi connectivity index (χ0n) is 13.5. The molecule has 0 saturated carbocycles. The van der Waals surface area contributed by atoms with E-state index in [0.29, 0.717) is 11.4 Å². The van der Waals surface area contributed by atoms with E-state index in [1.165, 1.54) is 18.1 Å². The molecule has 132 valence electrons. The molecule has 9 heteroatoms. The summed E-state index contributed by atoms with van der Waals surface area (Å²) >= 11 is 0. The Kier molecular flexibility index (Phi) is 5.45. The molecule has 1 aliphatic rings. The van der Waals surface area contributed by atoms with Crippen LogP contribution in [0.25, 0.3) is 0 Å². The van der Waals surface area contributed by atoms with Crippen molar-refractivity contribution in [3.63, 3.8) is 0 Å². The molecular weight excluding hydrogens is 336 g/mol. The third kappa shape index (κ3) is 4.24. The summed E-state index contributed by atoms with van der Waals surface area (Å²) in [6.07, 6.45) is 0.0602. The van der Waals surface area contributed by atoms with E-state index in [-0.39, 0.29) is 36.8 Å². The SMILES string of the molecule is CCOC(=O)c1cc(OC)ccc1N1CC(CS(N)(=O)=O)CC1=O. The minimum absolute atomic E-state index is 0.0602. The summed E-state index contributed by atoms with van der Waals surface area (Å²) in [5, 5.41) is 5.05. The van der Waals surface area contributed by atoms with Crippen LogP contribution in [0.1, 0.15) is 23.7 Å². The zero-order valence-corrected chi connectivity index (χ0v) is 14.3. The van der Waals surface area contributed by atoms with Crippen molar-refractivity contribution in [2.75, 3.05) is 30.9 Å². The number of nitrogens with zero attached hydrogens (tertiary/aromatic N) is 1.